The number of likely N-dealkylation sites (N-methyl/N-ethyl adjacent to an activating group) is 1. The van der Waals surface area contributed by atoms with E-state index in [4.69, 9.17) is 9.47 Å². The molecule has 2 aromatic rings. The van der Waals surface area contributed by atoms with Gasteiger partial charge in [-0.1, -0.05) is 13.0 Å². The first-order valence-corrected chi connectivity index (χ1v) is 11.5. The number of aliphatic hydroxyl groups excluding tert-OH is 1. The Bertz CT molecular complexity index is 829. The summed E-state index contributed by atoms with van der Waals surface area (Å²) >= 11 is 0. The molecule has 1 saturated heterocycles. The summed E-state index contributed by atoms with van der Waals surface area (Å²) in [4.78, 5) is 6.99. The molecule has 0 radical (unpaired) electrons. The zero-order chi connectivity index (χ0) is 23.1. The van der Waals surface area contributed by atoms with Gasteiger partial charge in [-0.2, -0.15) is 5.10 Å². The van der Waals surface area contributed by atoms with Gasteiger partial charge in [0.2, 0.25) is 0 Å². The number of methoxy groups -OCH3 is 1. The van der Waals surface area contributed by atoms with Crippen molar-refractivity contribution >= 4 is 0 Å². The molecule has 3 rings (SSSR count). The molecule has 1 aromatic carbocycles. The zero-order valence-electron chi connectivity index (χ0n) is 20.2. The molecule has 1 atom stereocenters. The average molecular weight is 446 g/mol. The first kappa shape index (κ1) is 24.5. The molecule has 0 bridgehead atoms. The van der Waals surface area contributed by atoms with Gasteiger partial charge in [0.05, 0.1) is 12.8 Å². The van der Waals surface area contributed by atoms with Crippen molar-refractivity contribution in [1.82, 2.24) is 24.9 Å². The van der Waals surface area contributed by atoms with Gasteiger partial charge in [0, 0.05) is 57.1 Å². The number of aliphatic hydroxyl groups is 1. The van der Waals surface area contributed by atoms with E-state index >= 15 is 0 Å². The highest BCUT2D eigenvalue weighted by atomic mass is 16.5. The van der Waals surface area contributed by atoms with Crippen LogP contribution in [-0.4, -0.2) is 96.1 Å². The Hall–Kier alpha value is -2.13. The molecule has 0 aliphatic carbocycles. The Morgan fingerprint density at radius 2 is 1.84 bits per heavy atom. The van der Waals surface area contributed by atoms with Gasteiger partial charge in [0.1, 0.15) is 12.7 Å². The van der Waals surface area contributed by atoms with Gasteiger partial charge in [0.25, 0.3) is 0 Å². The standard InChI is InChI=1S/C24H39N5O3/c1-6-28-9-11-29(12-10-28)15-21(30)17-32-23-8-7-20(13-24(23)31-5)14-27(4)16-22-18(2)25-26-19(22)3/h7-8,13,21,30H,6,9-12,14-17H2,1-5H3,(H,25,26). The van der Waals surface area contributed by atoms with Crippen molar-refractivity contribution in [3.05, 3.63) is 40.7 Å². The van der Waals surface area contributed by atoms with Gasteiger partial charge in [-0.05, 0) is 45.1 Å². The summed E-state index contributed by atoms with van der Waals surface area (Å²) in [5, 5.41) is 17.8. The second kappa shape index (κ2) is 11.7. The molecular formula is C24H39N5O3. The van der Waals surface area contributed by atoms with E-state index in [0.717, 1.165) is 62.8 Å². The number of nitrogens with one attached hydrogen (secondary N) is 1. The van der Waals surface area contributed by atoms with Crippen LogP contribution in [0.15, 0.2) is 18.2 Å². The second-order valence-electron chi connectivity index (χ2n) is 8.77. The van der Waals surface area contributed by atoms with Crippen LogP contribution in [0.25, 0.3) is 0 Å². The molecule has 32 heavy (non-hydrogen) atoms. The van der Waals surface area contributed by atoms with Crippen LogP contribution >= 0.6 is 0 Å². The maximum absolute atomic E-state index is 10.5. The summed E-state index contributed by atoms with van der Waals surface area (Å²) in [6.07, 6.45) is -0.528. The van der Waals surface area contributed by atoms with Crippen molar-refractivity contribution in [3.63, 3.8) is 0 Å². The molecule has 178 valence electrons. The number of hydrogen-bond donors (Lipinski definition) is 2. The fraction of sp³-hybridized carbons (Fsp3) is 0.625. The molecule has 0 saturated carbocycles. The number of β-amino-alcohol motifs (C(OH)–C–C–N with tert-alkyl or cyclic N) is 1. The van der Waals surface area contributed by atoms with Crippen molar-refractivity contribution in [3.8, 4) is 11.5 Å². The number of benzene rings is 1. The highest BCUT2D eigenvalue weighted by Crippen LogP contribution is 2.29. The summed E-state index contributed by atoms with van der Waals surface area (Å²) in [7, 11) is 3.75. The lowest BCUT2D eigenvalue weighted by Crippen LogP contribution is -2.49. The van der Waals surface area contributed by atoms with Crippen molar-refractivity contribution in [1.29, 1.82) is 0 Å². The van der Waals surface area contributed by atoms with Crippen LogP contribution in [0.1, 0.15) is 29.4 Å². The highest BCUT2D eigenvalue weighted by Gasteiger charge is 2.19. The predicted molar refractivity (Wildman–Crippen MR) is 126 cm³/mol. The molecule has 1 fully saturated rings. The number of ether oxygens (including phenoxy) is 2. The van der Waals surface area contributed by atoms with Crippen LogP contribution in [0.3, 0.4) is 0 Å². The number of aryl methyl sites for hydroxylation is 2. The molecular weight excluding hydrogens is 406 g/mol. The fourth-order valence-corrected chi connectivity index (χ4v) is 4.20. The Morgan fingerprint density at radius 3 is 2.47 bits per heavy atom. The fourth-order valence-electron chi connectivity index (χ4n) is 4.20. The molecule has 0 amide bonds. The number of rotatable bonds is 11. The third kappa shape index (κ3) is 6.68. The lowest BCUT2D eigenvalue weighted by molar-refractivity contribution is 0.0464. The van der Waals surface area contributed by atoms with Crippen LogP contribution in [0.2, 0.25) is 0 Å². The maximum Gasteiger partial charge on any atom is 0.161 e. The number of piperazine rings is 1. The van der Waals surface area contributed by atoms with E-state index < -0.39 is 6.10 Å². The van der Waals surface area contributed by atoms with Gasteiger partial charge in [-0.15, -0.1) is 0 Å². The Kier molecular flexibility index (Phi) is 8.92. The molecule has 2 heterocycles. The Morgan fingerprint density at radius 1 is 1.12 bits per heavy atom. The number of nitrogens with zero attached hydrogens (tertiary/aromatic N) is 4. The quantitative estimate of drug-likeness (QED) is 0.548. The van der Waals surface area contributed by atoms with Crippen LogP contribution in [0.4, 0.5) is 0 Å². The average Bonchev–Trinajstić information content (AvgIpc) is 3.10. The largest absolute Gasteiger partial charge is 0.493 e. The van der Waals surface area contributed by atoms with Crippen LogP contribution in [-0.2, 0) is 13.1 Å². The molecule has 1 aliphatic rings. The first-order chi connectivity index (χ1) is 15.4. The van der Waals surface area contributed by atoms with Crippen LogP contribution in [0.5, 0.6) is 11.5 Å². The lowest BCUT2D eigenvalue weighted by atomic mass is 10.1. The molecule has 1 aromatic heterocycles. The molecule has 1 aliphatic heterocycles. The van der Waals surface area contributed by atoms with E-state index in [1.165, 1.54) is 5.56 Å². The number of aromatic nitrogens is 2. The smallest absolute Gasteiger partial charge is 0.161 e. The molecule has 0 spiro atoms. The van der Waals surface area contributed by atoms with E-state index in [1.807, 2.05) is 19.1 Å². The van der Waals surface area contributed by atoms with E-state index in [-0.39, 0.29) is 6.61 Å². The van der Waals surface area contributed by atoms with Gasteiger partial charge >= 0.3 is 0 Å². The predicted octanol–water partition coefficient (Wildman–Crippen LogP) is 2.04. The normalized spacial score (nSPS) is 16.5. The Labute approximate surface area is 192 Å². The van der Waals surface area contributed by atoms with Gasteiger partial charge in [-0.3, -0.25) is 14.9 Å². The summed E-state index contributed by atoms with van der Waals surface area (Å²) in [6, 6.07) is 6.00. The summed E-state index contributed by atoms with van der Waals surface area (Å²) in [6.45, 7) is 14.0. The molecule has 8 nitrogen and oxygen atoms in total. The van der Waals surface area contributed by atoms with Gasteiger partial charge < -0.3 is 19.5 Å². The molecule has 2 N–H and O–H groups in total. The summed E-state index contributed by atoms with van der Waals surface area (Å²) in [5.74, 6) is 1.35. The Balaban J connectivity index is 1.50. The minimum Gasteiger partial charge on any atom is -0.493 e. The second-order valence-corrected chi connectivity index (χ2v) is 8.77. The van der Waals surface area contributed by atoms with E-state index in [0.29, 0.717) is 18.0 Å². The third-order valence-electron chi connectivity index (χ3n) is 6.20. The van der Waals surface area contributed by atoms with Crippen LogP contribution < -0.4 is 9.47 Å². The van der Waals surface area contributed by atoms with E-state index in [1.54, 1.807) is 7.11 Å². The highest BCUT2D eigenvalue weighted by molar-refractivity contribution is 5.43. The number of aromatic amines is 1. The minimum atomic E-state index is -0.528. The monoisotopic (exact) mass is 445 g/mol. The van der Waals surface area contributed by atoms with E-state index in [9.17, 15) is 5.11 Å². The van der Waals surface area contributed by atoms with E-state index in [2.05, 4.69) is 51.9 Å². The summed E-state index contributed by atoms with van der Waals surface area (Å²) < 4.78 is 11.5. The minimum absolute atomic E-state index is 0.253. The topological polar surface area (TPSA) is 77.1 Å². The first-order valence-electron chi connectivity index (χ1n) is 11.5. The van der Waals surface area contributed by atoms with Crippen molar-refractivity contribution in [2.75, 3.05) is 60.0 Å². The van der Waals surface area contributed by atoms with Gasteiger partial charge in [-0.25, -0.2) is 0 Å². The third-order valence-corrected chi connectivity index (χ3v) is 6.20. The van der Waals surface area contributed by atoms with Gasteiger partial charge in [0.15, 0.2) is 11.5 Å². The molecule has 8 heteroatoms. The van der Waals surface area contributed by atoms with Crippen molar-refractivity contribution < 1.29 is 14.6 Å². The lowest BCUT2D eigenvalue weighted by Gasteiger charge is -2.34. The van der Waals surface area contributed by atoms with Crippen LogP contribution in [0, 0.1) is 13.8 Å². The van der Waals surface area contributed by atoms with Crippen molar-refractivity contribution in [2.24, 2.45) is 0 Å². The number of H-pyrrole nitrogens is 1. The number of hydrogen-bond acceptors (Lipinski definition) is 7. The maximum atomic E-state index is 10.5. The summed E-state index contributed by atoms with van der Waals surface area (Å²) in [5.41, 5.74) is 4.54. The van der Waals surface area contributed by atoms with Crippen molar-refractivity contribution in [2.45, 2.75) is 40.0 Å². The SMILES string of the molecule is CCN1CCN(CC(O)COc2ccc(CN(C)Cc3c(C)n[nH]c3C)cc2OC)CC1. The molecule has 1 unspecified atom stereocenters. The zero-order valence-corrected chi connectivity index (χ0v) is 20.2.